The average molecular weight is 283 g/mol. The van der Waals surface area contributed by atoms with E-state index in [2.05, 4.69) is 5.32 Å². The van der Waals surface area contributed by atoms with Crippen LogP contribution >= 0.6 is 0 Å². The third kappa shape index (κ3) is 3.77. The standard InChI is InChI=1S/C17H17NO3/c1-12-8-10-14(11-9-12)18-17(20)16(21-2)15(19)13-6-4-3-5-7-13/h3-11,16H,1-2H3,(H,18,20). The molecule has 0 aliphatic rings. The van der Waals surface area contributed by atoms with Gasteiger partial charge in [-0.1, -0.05) is 48.0 Å². The molecule has 2 rings (SSSR count). The molecule has 0 fully saturated rings. The molecule has 21 heavy (non-hydrogen) atoms. The Balaban J connectivity index is 2.11. The van der Waals surface area contributed by atoms with E-state index < -0.39 is 12.0 Å². The molecule has 0 saturated carbocycles. The number of hydrogen-bond acceptors (Lipinski definition) is 3. The fourth-order valence-corrected chi connectivity index (χ4v) is 1.93. The Hall–Kier alpha value is -2.46. The molecule has 1 unspecified atom stereocenters. The Bertz CT molecular complexity index is 620. The summed E-state index contributed by atoms with van der Waals surface area (Å²) in [6.07, 6.45) is -1.16. The smallest absolute Gasteiger partial charge is 0.261 e. The molecule has 0 aliphatic heterocycles. The molecule has 0 spiro atoms. The van der Waals surface area contributed by atoms with Gasteiger partial charge in [-0.25, -0.2) is 0 Å². The van der Waals surface area contributed by atoms with Crippen LogP contribution in [0.3, 0.4) is 0 Å². The molecule has 1 amide bonds. The first-order chi connectivity index (χ1) is 10.1. The number of ketones is 1. The second-order valence-corrected chi connectivity index (χ2v) is 4.70. The summed E-state index contributed by atoms with van der Waals surface area (Å²) in [4.78, 5) is 24.5. The molecule has 0 heterocycles. The van der Waals surface area contributed by atoms with E-state index >= 15 is 0 Å². The first-order valence-electron chi connectivity index (χ1n) is 6.61. The van der Waals surface area contributed by atoms with Gasteiger partial charge in [0, 0.05) is 18.4 Å². The Labute approximate surface area is 123 Å². The summed E-state index contributed by atoms with van der Waals surface area (Å²) in [7, 11) is 1.35. The Morgan fingerprint density at radius 2 is 1.62 bits per heavy atom. The molecular formula is C17H17NO3. The summed E-state index contributed by atoms with van der Waals surface area (Å²) in [6, 6.07) is 16.0. The van der Waals surface area contributed by atoms with Crippen LogP contribution in [0.15, 0.2) is 54.6 Å². The molecule has 2 aromatic rings. The zero-order valence-corrected chi connectivity index (χ0v) is 12.0. The number of hydrogen-bond donors (Lipinski definition) is 1. The van der Waals surface area contributed by atoms with Crippen LogP contribution in [0.4, 0.5) is 5.69 Å². The van der Waals surface area contributed by atoms with E-state index in [0.717, 1.165) is 5.56 Å². The van der Waals surface area contributed by atoms with Crippen LogP contribution in [0.5, 0.6) is 0 Å². The van der Waals surface area contributed by atoms with Crippen molar-refractivity contribution in [2.24, 2.45) is 0 Å². The summed E-state index contributed by atoms with van der Waals surface area (Å²) in [6.45, 7) is 1.96. The number of amides is 1. The highest BCUT2D eigenvalue weighted by atomic mass is 16.5. The highest BCUT2D eigenvalue weighted by Gasteiger charge is 2.27. The van der Waals surface area contributed by atoms with Gasteiger partial charge in [-0.3, -0.25) is 9.59 Å². The number of carbonyl (C=O) groups is 2. The fraction of sp³-hybridized carbons (Fsp3) is 0.176. The molecular weight excluding hydrogens is 266 g/mol. The fourth-order valence-electron chi connectivity index (χ4n) is 1.93. The lowest BCUT2D eigenvalue weighted by atomic mass is 10.1. The first kappa shape index (κ1) is 14.9. The summed E-state index contributed by atoms with van der Waals surface area (Å²) < 4.78 is 5.06. The van der Waals surface area contributed by atoms with Gasteiger partial charge in [-0.2, -0.15) is 0 Å². The van der Waals surface area contributed by atoms with Crippen molar-refractivity contribution in [3.63, 3.8) is 0 Å². The topological polar surface area (TPSA) is 55.4 Å². The molecule has 0 radical (unpaired) electrons. The summed E-state index contributed by atoms with van der Waals surface area (Å²) in [5, 5.41) is 2.69. The van der Waals surface area contributed by atoms with Crippen LogP contribution in [0, 0.1) is 6.92 Å². The van der Waals surface area contributed by atoms with Gasteiger partial charge in [-0.05, 0) is 19.1 Å². The van der Waals surface area contributed by atoms with Crippen molar-refractivity contribution in [3.8, 4) is 0 Å². The minimum atomic E-state index is -1.16. The quantitative estimate of drug-likeness (QED) is 0.678. The van der Waals surface area contributed by atoms with Gasteiger partial charge in [-0.15, -0.1) is 0 Å². The lowest BCUT2D eigenvalue weighted by molar-refractivity contribution is -0.123. The van der Waals surface area contributed by atoms with Gasteiger partial charge in [0.25, 0.3) is 5.91 Å². The number of rotatable bonds is 5. The zero-order chi connectivity index (χ0) is 15.2. The summed E-state index contributed by atoms with van der Waals surface area (Å²) in [5.41, 5.74) is 2.17. The molecule has 0 aromatic heterocycles. The second-order valence-electron chi connectivity index (χ2n) is 4.70. The number of methoxy groups -OCH3 is 1. The van der Waals surface area contributed by atoms with Crippen molar-refractivity contribution in [2.45, 2.75) is 13.0 Å². The van der Waals surface area contributed by atoms with E-state index in [1.807, 2.05) is 25.1 Å². The first-order valence-corrected chi connectivity index (χ1v) is 6.61. The summed E-state index contributed by atoms with van der Waals surface area (Å²) in [5.74, 6) is -0.835. The predicted molar refractivity (Wildman–Crippen MR) is 81.4 cm³/mol. The molecule has 2 aromatic carbocycles. The number of carbonyl (C=O) groups excluding carboxylic acids is 2. The maximum Gasteiger partial charge on any atom is 0.261 e. The Morgan fingerprint density at radius 3 is 2.19 bits per heavy atom. The summed E-state index contributed by atoms with van der Waals surface area (Å²) >= 11 is 0. The lowest BCUT2D eigenvalue weighted by Crippen LogP contribution is -2.36. The maximum absolute atomic E-state index is 12.3. The van der Waals surface area contributed by atoms with Crippen molar-refractivity contribution < 1.29 is 14.3 Å². The molecule has 0 saturated heterocycles. The van der Waals surface area contributed by atoms with Gasteiger partial charge < -0.3 is 10.1 Å². The minimum Gasteiger partial charge on any atom is -0.364 e. The van der Waals surface area contributed by atoms with Crippen LogP contribution in [0.2, 0.25) is 0 Å². The third-order valence-corrected chi connectivity index (χ3v) is 3.09. The molecule has 4 heteroatoms. The zero-order valence-electron chi connectivity index (χ0n) is 12.0. The molecule has 1 atom stereocenters. The van der Waals surface area contributed by atoms with E-state index in [0.29, 0.717) is 11.3 Å². The van der Waals surface area contributed by atoms with Crippen molar-refractivity contribution in [1.29, 1.82) is 0 Å². The van der Waals surface area contributed by atoms with Crippen LogP contribution in [0.1, 0.15) is 15.9 Å². The van der Waals surface area contributed by atoms with E-state index in [4.69, 9.17) is 4.74 Å². The van der Waals surface area contributed by atoms with E-state index in [1.54, 1.807) is 36.4 Å². The molecule has 0 bridgehead atoms. The van der Waals surface area contributed by atoms with Crippen LogP contribution < -0.4 is 5.32 Å². The van der Waals surface area contributed by atoms with Crippen LogP contribution in [-0.2, 0) is 9.53 Å². The van der Waals surface area contributed by atoms with Crippen molar-refractivity contribution in [3.05, 3.63) is 65.7 Å². The monoisotopic (exact) mass is 283 g/mol. The van der Waals surface area contributed by atoms with Crippen LogP contribution in [0.25, 0.3) is 0 Å². The number of ether oxygens (including phenoxy) is 1. The van der Waals surface area contributed by atoms with Crippen molar-refractivity contribution in [2.75, 3.05) is 12.4 Å². The van der Waals surface area contributed by atoms with Crippen LogP contribution in [-0.4, -0.2) is 24.9 Å². The highest BCUT2D eigenvalue weighted by molar-refractivity contribution is 6.16. The van der Waals surface area contributed by atoms with E-state index in [1.165, 1.54) is 7.11 Å². The van der Waals surface area contributed by atoms with E-state index in [9.17, 15) is 9.59 Å². The Kier molecular flexibility index (Phi) is 4.85. The average Bonchev–Trinajstić information content (AvgIpc) is 2.51. The van der Waals surface area contributed by atoms with E-state index in [-0.39, 0.29) is 5.78 Å². The minimum absolute atomic E-state index is 0.359. The highest BCUT2D eigenvalue weighted by Crippen LogP contribution is 2.12. The Morgan fingerprint density at radius 1 is 1.00 bits per heavy atom. The van der Waals surface area contributed by atoms with Gasteiger partial charge >= 0.3 is 0 Å². The predicted octanol–water partition coefficient (Wildman–Crippen LogP) is 2.83. The number of benzene rings is 2. The molecule has 108 valence electrons. The molecule has 4 nitrogen and oxygen atoms in total. The SMILES string of the molecule is COC(C(=O)Nc1ccc(C)cc1)C(=O)c1ccccc1. The van der Waals surface area contributed by atoms with Gasteiger partial charge in [0.05, 0.1) is 0 Å². The number of nitrogens with one attached hydrogen (secondary N) is 1. The van der Waals surface area contributed by atoms with Crippen molar-refractivity contribution >= 4 is 17.4 Å². The van der Waals surface area contributed by atoms with Crippen molar-refractivity contribution in [1.82, 2.24) is 0 Å². The van der Waals surface area contributed by atoms with Gasteiger partial charge in [0.1, 0.15) is 0 Å². The second kappa shape index (κ2) is 6.81. The molecule has 1 N–H and O–H groups in total. The lowest BCUT2D eigenvalue weighted by Gasteiger charge is -2.14. The number of Topliss-reactive ketones (excluding diaryl/α,β-unsaturated/α-hetero) is 1. The third-order valence-electron chi connectivity index (χ3n) is 3.09. The van der Waals surface area contributed by atoms with Gasteiger partial charge in [0.15, 0.2) is 6.10 Å². The maximum atomic E-state index is 12.3. The van der Waals surface area contributed by atoms with Gasteiger partial charge in [0.2, 0.25) is 5.78 Å². The number of aryl methyl sites for hydroxylation is 1. The normalized spacial score (nSPS) is 11.7. The largest absolute Gasteiger partial charge is 0.364 e. The number of anilines is 1. The molecule has 0 aliphatic carbocycles.